The van der Waals surface area contributed by atoms with Crippen molar-refractivity contribution < 1.29 is 22.8 Å². The Morgan fingerprint density at radius 2 is 1.91 bits per heavy atom. The number of hydrogen-bond donors (Lipinski definition) is 2. The molecule has 2 amide bonds. The molecular weight excluding hydrogens is 477 g/mol. The van der Waals surface area contributed by atoms with Gasteiger partial charge in [0.1, 0.15) is 0 Å². The predicted octanol–water partition coefficient (Wildman–Crippen LogP) is 4.58. The topological polar surface area (TPSA) is 74.1 Å². The number of nitrogens with zero attached hydrogens (tertiary/aromatic N) is 3. The number of alkyl halides is 4. The second-order valence-electron chi connectivity index (χ2n) is 7.82. The first-order valence-corrected chi connectivity index (χ1v) is 11.0. The summed E-state index contributed by atoms with van der Waals surface area (Å²) in [5, 5.41) is 2.74. The van der Waals surface area contributed by atoms with Crippen LogP contribution in [0.4, 0.5) is 18.9 Å². The Morgan fingerprint density at radius 1 is 1.33 bits per heavy atom. The highest BCUT2D eigenvalue weighted by molar-refractivity contribution is 7.80. The van der Waals surface area contributed by atoms with Crippen LogP contribution in [0.2, 0.25) is 0 Å². The van der Waals surface area contributed by atoms with Gasteiger partial charge in [-0.05, 0) is 50.7 Å². The van der Waals surface area contributed by atoms with Crippen molar-refractivity contribution in [3.8, 4) is 0 Å². The van der Waals surface area contributed by atoms with Gasteiger partial charge in [0.15, 0.2) is 5.54 Å². The lowest BCUT2D eigenvalue weighted by Gasteiger charge is -2.42. The molecule has 0 bridgehead atoms. The molecule has 0 radical (unpaired) electrons. The number of benzene rings is 1. The van der Waals surface area contributed by atoms with Gasteiger partial charge < -0.3 is 5.32 Å². The zero-order chi connectivity index (χ0) is 24.8. The van der Waals surface area contributed by atoms with E-state index < -0.39 is 34.9 Å². The van der Waals surface area contributed by atoms with Crippen LogP contribution in [-0.4, -0.2) is 54.9 Å². The molecule has 0 saturated heterocycles. The summed E-state index contributed by atoms with van der Waals surface area (Å²) in [7, 11) is 1.44. The quantitative estimate of drug-likeness (QED) is 0.310. The summed E-state index contributed by atoms with van der Waals surface area (Å²) < 4.78 is 41.3. The second-order valence-corrected chi connectivity index (χ2v) is 8.72. The molecule has 1 N–H and O–H groups in total. The van der Waals surface area contributed by atoms with Crippen LogP contribution in [0.3, 0.4) is 0 Å². The minimum atomic E-state index is -2.78. The second kappa shape index (κ2) is 11.2. The number of halogens is 4. The summed E-state index contributed by atoms with van der Waals surface area (Å²) in [6.45, 7) is 4.77. The standard InChI is InChI=1S/C22H26ClF3N4O2S/c1-21(14(12-27-2)13-28-3,20(32)29-15-8-10-22(25,26)11-9-15)30(19(31)18(23)24)16-4-6-17(33)7-5-16/h4-7,12-13,15,18,33H,2,8-11H2,1,3H3,(H,29,32)/b14-12+,28-13?/t18-,21-/m0/s1. The van der Waals surface area contributed by atoms with Crippen molar-refractivity contribution in [3.05, 3.63) is 36.0 Å². The van der Waals surface area contributed by atoms with Crippen LogP contribution in [-0.2, 0) is 9.59 Å². The molecule has 1 fully saturated rings. The molecule has 2 rings (SSSR count). The molecule has 0 heterocycles. The Kier molecular flexibility index (Phi) is 9.13. The van der Waals surface area contributed by atoms with Gasteiger partial charge in [0, 0.05) is 54.5 Å². The molecule has 0 aromatic heterocycles. The van der Waals surface area contributed by atoms with Gasteiger partial charge in [-0.15, -0.1) is 12.6 Å². The van der Waals surface area contributed by atoms with Crippen molar-refractivity contribution >= 4 is 54.7 Å². The van der Waals surface area contributed by atoms with Gasteiger partial charge >= 0.3 is 0 Å². The Bertz CT molecular complexity index is 930. The van der Waals surface area contributed by atoms with Crippen molar-refractivity contribution in [2.24, 2.45) is 9.98 Å². The number of anilines is 1. The Balaban J connectivity index is 2.61. The van der Waals surface area contributed by atoms with Crippen LogP contribution in [0.15, 0.2) is 50.9 Å². The van der Waals surface area contributed by atoms with E-state index in [1.807, 2.05) is 0 Å². The van der Waals surface area contributed by atoms with Gasteiger partial charge in [-0.2, -0.15) is 0 Å². The molecule has 0 spiro atoms. The van der Waals surface area contributed by atoms with Gasteiger partial charge in [-0.1, -0.05) is 11.6 Å². The number of hydrogen-bond acceptors (Lipinski definition) is 5. The third-order valence-corrected chi connectivity index (χ3v) is 6.00. The molecule has 180 valence electrons. The lowest BCUT2D eigenvalue weighted by atomic mass is 9.86. The fourth-order valence-electron chi connectivity index (χ4n) is 3.70. The van der Waals surface area contributed by atoms with Crippen LogP contribution in [0.25, 0.3) is 0 Å². The molecule has 0 unspecified atom stereocenters. The molecular formula is C22H26ClF3N4O2S. The van der Waals surface area contributed by atoms with Gasteiger partial charge in [-0.3, -0.25) is 24.5 Å². The first kappa shape index (κ1) is 26.9. The molecule has 6 nitrogen and oxygen atoms in total. The molecule has 1 saturated carbocycles. The van der Waals surface area contributed by atoms with E-state index in [-0.39, 0.29) is 36.9 Å². The fraction of sp³-hybridized carbons (Fsp3) is 0.455. The normalized spacial score (nSPS) is 19.5. The summed E-state index contributed by atoms with van der Waals surface area (Å²) >= 11 is 9.73. The molecule has 1 aliphatic carbocycles. The average molecular weight is 503 g/mol. The van der Waals surface area contributed by atoms with E-state index in [0.717, 1.165) is 4.90 Å². The van der Waals surface area contributed by atoms with Gasteiger partial charge in [0.05, 0.1) is 0 Å². The average Bonchev–Trinajstić information content (AvgIpc) is 2.76. The first-order valence-electron chi connectivity index (χ1n) is 10.1. The number of carbonyl (C=O) groups is 2. The van der Waals surface area contributed by atoms with E-state index in [1.54, 1.807) is 12.1 Å². The SMILES string of the molecule is C=N/C=C(\C=NC)[C@@](C)(C(=O)NC1CCC(F)(F)CC1)N(C(=O)[C@H](F)Cl)c1ccc(S)cc1. The Labute approximate surface area is 201 Å². The third kappa shape index (κ3) is 6.38. The van der Waals surface area contributed by atoms with Crippen LogP contribution in [0.1, 0.15) is 32.6 Å². The van der Waals surface area contributed by atoms with Crippen molar-refractivity contribution in [1.82, 2.24) is 5.32 Å². The van der Waals surface area contributed by atoms with E-state index in [1.165, 1.54) is 38.5 Å². The van der Waals surface area contributed by atoms with Crippen molar-refractivity contribution in [3.63, 3.8) is 0 Å². The van der Waals surface area contributed by atoms with Gasteiger partial charge in [0.2, 0.25) is 5.92 Å². The van der Waals surface area contributed by atoms with Crippen molar-refractivity contribution in [1.29, 1.82) is 0 Å². The number of carbonyl (C=O) groups excluding carboxylic acids is 2. The minimum Gasteiger partial charge on any atom is -0.351 e. The molecule has 2 atom stereocenters. The zero-order valence-electron chi connectivity index (χ0n) is 18.3. The molecule has 11 heteroatoms. The smallest absolute Gasteiger partial charge is 0.278 e. The Hall–Kier alpha value is -2.33. The predicted molar refractivity (Wildman–Crippen MR) is 128 cm³/mol. The summed E-state index contributed by atoms with van der Waals surface area (Å²) in [5.41, 5.74) is -4.08. The molecule has 0 aliphatic heterocycles. The monoisotopic (exact) mass is 502 g/mol. The van der Waals surface area contributed by atoms with E-state index in [4.69, 9.17) is 11.6 Å². The highest BCUT2D eigenvalue weighted by atomic mass is 35.5. The minimum absolute atomic E-state index is 0.0545. The van der Waals surface area contributed by atoms with Crippen molar-refractivity contribution in [2.45, 2.75) is 60.6 Å². The highest BCUT2D eigenvalue weighted by Crippen LogP contribution is 2.36. The first-order chi connectivity index (χ1) is 15.5. The molecule has 1 aromatic carbocycles. The van der Waals surface area contributed by atoms with Gasteiger partial charge in [0.25, 0.3) is 17.4 Å². The lowest BCUT2D eigenvalue weighted by Crippen LogP contribution is -2.63. The zero-order valence-corrected chi connectivity index (χ0v) is 19.9. The maximum absolute atomic E-state index is 14.1. The Morgan fingerprint density at radius 3 is 2.39 bits per heavy atom. The van der Waals surface area contributed by atoms with Crippen LogP contribution < -0.4 is 10.2 Å². The van der Waals surface area contributed by atoms with E-state index in [2.05, 4.69) is 34.6 Å². The summed E-state index contributed by atoms with van der Waals surface area (Å²) in [5.74, 6) is -4.71. The highest BCUT2D eigenvalue weighted by Gasteiger charge is 2.48. The number of thiol groups is 1. The summed E-state index contributed by atoms with van der Waals surface area (Å²) in [4.78, 5) is 35.7. The third-order valence-electron chi connectivity index (χ3n) is 5.52. The van der Waals surface area contributed by atoms with Crippen LogP contribution >= 0.6 is 24.2 Å². The molecule has 1 aromatic rings. The largest absolute Gasteiger partial charge is 0.351 e. The van der Waals surface area contributed by atoms with E-state index >= 15 is 0 Å². The lowest BCUT2D eigenvalue weighted by molar-refractivity contribution is -0.130. The van der Waals surface area contributed by atoms with Crippen LogP contribution in [0, 0.1) is 0 Å². The number of aliphatic imine (C=N–C) groups is 2. The number of rotatable bonds is 8. The maximum Gasteiger partial charge on any atom is 0.278 e. The van der Waals surface area contributed by atoms with E-state index in [9.17, 15) is 22.8 Å². The fourth-order valence-corrected chi connectivity index (χ4v) is 3.95. The maximum atomic E-state index is 14.1. The van der Waals surface area contributed by atoms with Crippen LogP contribution in [0.5, 0.6) is 0 Å². The molecule has 1 aliphatic rings. The summed E-state index contributed by atoms with van der Waals surface area (Å²) in [6, 6.07) is 5.53. The molecule has 33 heavy (non-hydrogen) atoms. The number of nitrogens with one attached hydrogen (secondary N) is 1. The van der Waals surface area contributed by atoms with Crippen molar-refractivity contribution in [2.75, 3.05) is 11.9 Å². The van der Waals surface area contributed by atoms with E-state index in [0.29, 0.717) is 4.90 Å². The summed E-state index contributed by atoms with van der Waals surface area (Å²) in [6.07, 6.45) is 1.87. The van der Waals surface area contributed by atoms with Gasteiger partial charge in [-0.25, -0.2) is 13.2 Å². The number of amides is 2.